The smallest absolute Gasteiger partial charge is 0.266 e. The lowest BCUT2D eigenvalue weighted by molar-refractivity contribution is -0.139. The number of carbonyl (C=O) groups is 1. The second kappa shape index (κ2) is 6.40. The minimum Gasteiger partial charge on any atom is -0.381 e. The van der Waals surface area contributed by atoms with E-state index in [2.05, 4.69) is 10.3 Å². The van der Waals surface area contributed by atoms with Gasteiger partial charge in [0.2, 0.25) is 0 Å². The number of carbonyl (C=O) groups excluding carboxylic acids is 1. The second-order valence-electron chi connectivity index (χ2n) is 5.87. The maximum absolute atomic E-state index is 12.3. The Morgan fingerprint density at radius 1 is 1.36 bits per heavy atom. The van der Waals surface area contributed by atoms with Crippen LogP contribution < -0.4 is 10.9 Å². The Bertz CT molecular complexity index is 604. The van der Waals surface area contributed by atoms with E-state index in [1.807, 2.05) is 0 Å². The number of nitrogens with one attached hydrogen (secondary N) is 2. The van der Waals surface area contributed by atoms with Crippen molar-refractivity contribution in [2.24, 2.45) is 0 Å². The lowest BCUT2D eigenvalue weighted by atomic mass is 9.84. The highest BCUT2D eigenvalue weighted by Gasteiger charge is 2.39. The standard InChI is InChI=1S/C15H19ClN2O4/c16-12-7-10(9-17-14(12)20)13(19)18-11-1-4-22-15(8-11)2-5-21-6-3-15/h7,9,11H,1-6,8H2,(H,17,20)(H,18,19)/t11-/m1/s1. The predicted molar refractivity (Wildman–Crippen MR) is 81.3 cm³/mol. The van der Waals surface area contributed by atoms with E-state index in [0.717, 1.165) is 25.7 Å². The Balaban J connectivity index is 1.65. The highest BCUT2D eigenvalue weighted by Crippen LogP contribution is 2.34. The number of ether oxygens (including phenoxy) is 2. The van der Waals surface area contributed by atoms with Crippen molar-refractivity contribution in [1.82, 2.24) is 10.3 Å². The monoisotopic (exact) mass is 326 g/mol. The van der Waals surface area contributed by atoms with Gasteiger partial charge in [-0.3, -0.25) is 9.59 Å². The number of rotatable bonds is 2. The van der Waals surface area contributed by atoms with Crippen LogP contribution in [0, 0.1) is 0 Å². The largest absolute Gasteiger partial charge is 0.381 e. The molecular weight excluding hydrogens is 308 g/mol. The van der Waals surface area contributed by atoms with E-state index in [4.69, 9.17) is 21.1 Å². The second-order valence-corrected chi connectivity index (χ2v) is 6.28. The van der Waals surface area contributed by atoms with Gasteiger partial charge in [-0.05, 0) is 31.7 Å². The minimum atomic E-state index is -0.398. The maximum atomic E-state index is 12.3. The summed E-state index contributed by atoms with van der Waals surface area (Å²) in [5.74, 6) is -0.229. The van der Waals surface area contributed by atoms with E-state index >= 15 is 0 Å². The Morgan fingerprint density at radius 2 is 2.14 bits per heavy atom. The molecule has 0 aromatic carbocycles. The molecule has 2 saturated heterocycles. The van der Waals surface area contributed by atoms with Crippen LogP contribution in [0.1, 0.15) is 36.0 Å². The molecule has 7 heteroatoms. The van der Waals surface area contributed by atoms with Gasteiger partial charge >= 0.3 is 0 Å². The van der Waals surface area contributed by atoms with Crippen LogP contribution in [0.2, 0.25) is 5.02 Å². The summed E-state index contributed by atoms with van der Waals surface area (Å²) in [7, 11) is 0. The van der Waals surface area contributed by atoms with Gasteiger partial charge in [0.25, 0.3) is 11.5 Å². The maximum Gasteiger partial charge on any atom is 0.266 e. The molecule has 0 aliphatic carbocycles. The number of pyridine rings is 1. The molecular formula is C15H19ClN2O4. The van der Waals surface area contributed by atoms with Crippen LogP contribution in [0.5, 0.6) is 0 Å². The van der Waals surface area contributed by atoms with Gasteiger partial charge in [-0.2, -0.15) is 0 Å². The average molecular weight is 327 g/mol. The fourth-order valence-corrected chi connectivity index (χ4v) is 3.27. The van der Waals surface area contributed by atoms with Gasteiger partial charge in [-0.1, -0.05) is 11.6 Å². The lowest BCUT2D eigenvalue weighted by Crippen LogP contribution is -2.51. The Morgan fingerprint density at radius 3 is 2.86 bits per heavy atom. The molecule has 2 aliphatic rings. The molecule has 0 bridgehead atoms. The first-order valence-electron chi connectivity index (χ1n) is 7.49. The van der Waals surface area contributed by atoms with Crippen LogP contribution in [-0.4, -0.2) is 42.4 Å². The Labute approximate surface area is 133 Å². The highest BCUT2D eigenvalue weighted by molar-refractivity contribution is 6.30. The van der Waals surface area contributed by atoms with E-state index in [-0.39, 0.29) is 22.6 Å². The molecule has 2 aliphatic heterocycles. The van der Waals surface area contributed by atoms with Gasteiger partial charge in [0.1, 0.15) is 5.02 Å². The molecule has 6 nitrogen and oxygen atoms in total. The fourth-order valence-electron chi connectivity index (χ4n) is 3.10. The number of aromatic nitrogens is 1. The molecule has 120 valence electrons. The quantitative estimate of drug-likeness (QED) is 0.863. The van der Waals surface area contributed by atoms with E-state index in [0.29, 0.717) is 25.4 Å². The van der Waals surface area contributed by atoms with Crippen molar-refractivity contribution in [1.29, 1.82) is 0 Å². The van der Waals surface area contributed by atoms with E-state index in [1.165, 1.54) is 12.3 Å². The molecule has 3 heterocycles. The topological polar surface area (TPSA) is 80.4 Å². The normalized spacial score (nSPS) is 24.1. The third-order valence-electron chi connectivity index (χ3n) is 4.35. The van der Waals surface area contributed by atoms with Gasteiger partial charge in [0.15, 0.2) is 0 Å². The summed E-state index contributed by atoms with van der Waals surface area (Å²) in [6, 6.07) is 1.45. The summed E-state index contributed by atoms with van der Waals surface area (Å²) >= 11 is 5.76. The van der Waals surface area contributed by atoms with Crippen molar-refractivity contribution in [2.75, 3.05) is 19.8 Å². The lowest BCUT2D eigenvalue weighted by Gasteiger charge is -2.43. The van der Waals surface area contributed by atoms with E-state index in [1.54, 1.807) is 0 Å². The molecule has 22 heavy (non-hydrogen) atoms. The molecule has 0 radical (unpaired) electrons. The molecule has 1 amide bonds. The van der Waals surface area contributed by atoms with E-state index in [9.17, 15) is 9.59 Å². The molecule has 2 N–H and O–H groups in total. The zero-order chi connectivity index (χ0) is 15.6. The summed E-state index contributed by atoms with van der Waals surface area (Å²) in [6.07, 6.45) is 4.69. The van der Waals surface area contributed by atoms with Crippen molar-refractivity contribution in [3.63, 3.8) is 0 Å². The third kappa shape index (κ3) is 3.34. The molecule has 1 aromatic rings. The summed E-state index contributed by atoms with van der Waals surface area (Å²) in [6.45, 7) is 2.05. The zero-order valence-corrected chi connectivity index (χ0v) is 12.9. The summed E-state index contributed by atoms with van der Waals surface area (Å²) in [5, 5.41) is 3.03. The van der Waals surface area contributed by atoms with Gasteiger partial charge in [-0.25, -0.2) is 0 Å². The number of hydrogen-bond acceptors (Lipinski definition) is 4. The van der Waals surface area contributed by atoms with Crippen LogP contribution >= 0.6 is 11.6 Å². The first-order chi connectivity index (χ1) is 10.6. The molecule has 1 spiro atoms. The van der Waals surface area contributed by atoms with Crippen molar-refractivity contribution < 1.29 is 14.3 Å². The van der Waals surface area contributed by atoms with Crippen LogP contribution in [-0.2, 0) is 9.47 Å². The molecule has 0 unspecified atom stereocenters. The molecule has 1 aromatic heterocycles. The van der Waals surface area contributed by atoms with Crippen LogP contribution in [0.3, 0.4) is 0 Å². The van der Waals surface area contributed by atoms with Crippen LogP contribution in [0.15, 0.2) is 17.1 Å². The SMILES string of the molecule is O=C(N[C@@H]1CCOC2(CCOCC2)C1)c1c[nH]c(=O)c(Cl)c1. The predicted octanol–water partition coefficient (Wildman–Crippen LogP) is 1.49. The zero-order valence-electron chi connectivity index (χ0n) is 12.2. The van der Waals surface area contributed by atoms with Gasteiger partial charge in [0, 0.05) is 32.1 Å². The summed E-state index contributed by atoms with van der Waals surface area (Å²) in [4.78, 5) is 26.0. The third-order valence-corrected chi connectivity index (χ3v) is 4.63. The van der Waals surface area contributed by atoms with Crippen molar-refractivity contribution >= 4 is 17.5 Å². The summed E-state index contributed by atoms with van der Waals surface area (Å²) < 4.78 is 11.4. The first kappa shape index (κ1) is 15.5. The average Bonchev–Trinajstić information content (AvgIpc) is 2.51. The number of H-pyrrole nitrogens is 1. The van der Waals surface area contributed by atoms with Crippen molar-refractivity contribution in [2.45, 2.75) is 37.3 Å². The van der Waals surface area contributed by atoms with Gasteiger partial charge < -0.3 is 19.8 Å². The number of hydrogen-bond donors (Lipinski definition) is 2. The number of aromatic amines is 1. The van der Waals surface area contributed by atoms with E-state index < -0.39 is 5.56 Å². The molecule has 2 fully saturated rings. The highest BCUT2D eigenvalue weighted by atomic mass is 35.5. The Kier molecular flexibility index (Phi) is 4.52. The summed E-state index contributed by atoms with van der Waals surface area (Å²) in [5.41, 5.74) is -0.209. The fraction of sp³-hybridized carbons (Fsp3) is 0.600. The molecule has 3 rings (SSSR count). The molecule has 1 atom stereocenters. The van der Waals surface area contributed by atoms with Crippen molar-refractivity contribution in [3.05, 3.63) is 33.2 Å². The van der Waals surface area contributed by atoms with Gasteiger partial charge in [0.05, 0.1) is 11.2 Å². The van der Waals surface area contributed by atoms with Crippen molar-refractivity contribution in [3.8, 4) is 0 Å². The number of halogens is 1. The van der Waals surface area contributed by atoms with Crippen LogP contribution in [0.25, 0.3) is 0 Å². The Hall–Kier alpha value is -1.37. The van der Waals surface area contributed by atoms with Gasteiger partial charge in [-0.15, -0.1) is 0 Å². The number of amides is 1. The first-order valence-corrected chi connectivity index (χ1v) is 7.87. The molecule has 0 saturated carbocycles. The van der Waals surface area contributed by atoms with Crippen LogP contribution in [0.4, 0.5) is 0 Å². The minimum absolute atomic E-state index is 0.0144.